The number of nitrogens with one attached hydrogen (secondary N) is 1. The minimum absolute atomic E-state index is 0.0295. The fourth-order valence-electron chi connectivity index (χ4n) is 0.386. The van der Waals surface area contributed by atoms with Gasteiger partial charge in [-0.2, -0.15) is 0 Å². The molecule has 0 rings (SSSR count). The Hall–Kier alpha value is -0.240. The molecule has 8 heavy (non-hydrogen) atoms. The second-order valence-electron chi connectivity index (χ2n) is 1.76. The van der Waals surface area contributed by atoms with Gasteiger partial charge in [-0.25, -0.2) is 0 Å². The van der Waals surface area contributed by atoms with Crippen LogP contribution in [0.5, 0.6) is 0 Å². The van der Waals surface area contributed by atoms with Crippen LogP contribution in [0.15, 0.2) is 0 Å². The molecule has 0 aromatic carbocycles. The van der Waals surface area contributed by atoms with Gasteiger partial charge in [0.1, 0.15) is 0 Å². The van der Waals surface area contributed by atoms with Crippen molar-refractivity contribution in [2.24, 2.45) is 0 Å². The number of carbonyl (C=O) groups is 1. The second-order valence-corrected chi connectivity index (χ2v) is 2.06. The molecule has 0 fully saturated rings. The van der Waals surface area contributed by atoms with Gasteiger partial charge in [0.25, 0.3) is 0 Å². The standard InChI is InChI=1S/C5H10ClNO/c1-4(3-6)7-5(2)8/h4H,3H2,1-2H3,(H,7,8)/t4-/m0/s1. The van der Waals surface area contributed by atoms with Gasteiger partial charge in [0.2, 0.25) is 5.91 Å². The number of alkyl halides is 1. The van der Waals surface area contributed by atoms with Crippen LogP contribution in [0.25, 0.3) is 0 Å². The molecule has 1 atom stereocenters. The van der Waals surface area contributed by atoms with Crippen LogP contribution in [-0.4, -0.2) is 17.8 Å². The van der Waals surface area contributed by atoms with Crippen LogP contribution < -0.4 is 5.32 Å². The first-order valence-electron chi connectivity index (χ1n) is 2.50. The molecule has 0 aromatic heterocycles. The predicted octanol–water partition coefficient (Wildman–Crippen LogP) is 0.750. The first-order chi connectivity index (χ1) is 3.66. The molecule has 2 nitrogen and oxygen atoms in total. The van der Waals surface area contributed by atoms with Crippen molar-refractivity contribution >= 4 is 17.5 Å². The molecular weight excluding hydrogens is 126 g/mol. The topological polar surface area (TPSA) is 29.1 Å². The Kier molecular flexibility index (Phi) is 3.61. The summed E-state index contributed by atoms with van der Waals surface area (Å²) in [6, 6.07) is 0.0918. The summed E-state index contributed by atoms with van der Waals surface area (Å²) in [5.41, 5.74) is 0. The highest BCUT2D eigenvalue weighted by Crippen LogP contribution is 1.83. The average molecular weight is 136 g/mol. The summed E-state index contributed by atoms with van der Waals surface area (Å²) < 4.78 is 0. The summed E-state index contributed by atoms with van der Waals surface area (Å²) in [6.45, 7) is 3.33. The lowest BCUT2D eigenvalue weighted by molar-refractivity contribution is -0.119. The van der Waals surface area contributed by atoms with Crippen LogP contribution in [0.4, 0.5) is 0 Å². The van der Waals surface area contributed by atoms with Crippen molar-refractivity contribution in [1.29, 1.82) is 0 Å². The lowest BCUT2D eigenvalue weighted by Gasteiger charge is -2.05. The van der Waals surface area contributed by atoms with E-state index in [0.717, 1.165) is 0 Å². The van der Waals surface area contributed by atoms with Crippen molar-refractivity contribution in [3.05, 3.63) is 0 Å². The molecule has 1 N–H and O–H groups in total. The van der Waals surface area contributed by atoms with E-state index < -0.39 is 0 Å². The van der Waals surface area contributed by atoms with Crippen molar-refractivity contribution in [3.8, 4) is 0 Å². The molecule has 0 bridgehead atoms. The Morgan fingerprint density at radius 1 is 1.88 bits per heavy atom. The quantitative estimate of drug-likeness (QED) is 0.557. The van der Waals surface area contributed by atoms with Crippen molar-refractivity contribution in [3.63, 3.8) is 0 Å². The van der Waals surface area contributed by atoms with Crippen LogP contribution in [0.2, 0.25) is 0 Å². The number of hydrogen-bond donors (Lipinski definition) is 1. The van der Waals surface area contributed by atoms with Gasteiger partial charge in [0.15, 0.2) is 0 Å². The lowest BCUT2D eigenvalue weighted by Crippen LogP contribution is -2.31. The van der Waals surface area contributed by atoms with Crippen LogP contribution >= 0.6 is 11.6 Å². The molecule has 0 saturated heterocycles. The van der Waals surface area contributed by atoms with E-state index in [2.05, 4.69) is 5.32 Å². The normalized spacial score (nSPS) is 12.9. The molecule has 0 aliphatic rings. The molecule has 0 aliphatic heterocycles. The zero-order chi connectivity index (χ0) is 6.57. The second kappa shape index (κ2) is 3.72. The first-order valence-corrected chi connectivity index (χ1v) is 3.03. The van der Waals surface area contributed by atoms with Crippen molar-refractivity contribution in [2.75, 3.05) is 5.88 Å². The van der Waals surface area contributed by atoms with E-state index in [0.29, 0.717) is 5.88 Å². The van der Waals surface area contributed by atoms with E-state index in [-0.39, 0.29) is 11.9 Å². The predicted molar refractivity (Wildman–Crippen MR) is 34.0 cm³/mol. The van der Waals surface area contributed by atoms with Gasteiger partial charge in [-0.1, -0.05) is 0 Å². The van der Waals surface area contributed by atoms with Gasteiger partial charge >= 0.3 is 0 Å². The van der Waals surface area contributed by atoms with Gasteiger partial charge in [0.05, 0.1) is 0 Å². The number of amides is 1. The van der Waals surface area contributed by atoms with E-state index in [1.807, 2.05) is 6.92 Å². The average Bonchev–Trinajstić information content (AvgIpc) is 1.65. The molecule has 48 valence electrons. The van der Waals surface area contributed by atoms with Crippen LogP contribution in [0, 0.1) is 0 Å². The highest BCUT2D eigenvalue weighted by atomic mass is 35.5. The van der Waals surface area contributed by atoms with Crippen molar-refractivity contribution < 1.29 is 4.79 Å². The van der Waals surface area contributed by atoms with Crippen LogP contribution in [0.3, 0.4) is 0 Å². The third-order valence-electron chi connectivity index (χ3n) is 0.681. The maximum atomic E-state index is 10.2. The van der Waals surface area contributed by atoms with Gasteiger partial charge < -0.3 is 5.32 Å². The van der Waals surface area contributed by atoms with Crippen LogP contribution in [-0.2, 0) is 4.79 Å². The summed E-state index contributed by atoms with van der Waals surface area (Å²) in [5, 5.41) is 2.62. The Labute approximate surface area is 54.2 Å². The SMILES string of the molecule is CC(=O)N[C@@H](C)CCl. The lowest BCUT2D eigenvalue weighted by atomic mass is 10.4. The van der Waals surface area contributed by atoms with Crippen LogP contribution in [0.1, 0.15) is 13.8 Å². The fourth-order valence-corrected chi connectivity index (χ4v) is 0.463. The number of rotatable bonds is 2. The Balaban J connectivity index is 3.24. The molecular formula is C5H10ClNO. The van der Waals surface area contributed by atoms with Gasteiger partial charge in [0, 0.05) is 18.8 Å². The molecule has 0 aliphatic carbocycles. The minimum atomic E-state index is -0.0295. The Bertz CT molecular complexity index is 84.5. The summed E-state index contributed by atoms with van der Waals surface area (Å²) in [6.07, 6.45) is 0. The highest BCUT2D eigenvalue weighted by Gasteiger charge is 1.97. The number of carbonyl (C=O) groups excluding carboxylic acids is 1. The molecule has 0 aromatic rings. The summed E-state index contributed by atoms with van der Waals surface area (Å²) >= 11 is 5.38. The third-order valence-corrected chi connectivity index (χ3v) is 1.14. The fraction of sp³-hybridized carbons (Fsp3) is 0.800. The Morgan fingerprint density at radius 2 is 2.38 bits per heavy atom. The molecule has 0 saturated carbocycles. The summed E-state index contributed by atoms with van der Waals surface area (Å²) in [7, 11) is 0. The van der Waals surface area contributed by atoms with E-state index >= 15 is 0 Å². The maximum Gasteiger partial charge on any atom is 0.217 e. The highest BCUT2D eigenvalue weighted by molar-refractivity contribution is 6.18. The molecule has 0 spiro atoms. The van der Waals surface area contributed by atoms with E-state index in [1.165, 1.54) is 6.92 Å². The zero-order valence-corrected chi connectivity index (χ0v) is 5.83. The third kappa shape index (κ3) is 3.93. The van der Waals surface area contributed by atoms with Crippen molar-refractivity contribution in [2.45, 2.75) is 19.9 Å². The molecule has 0 heterocycles. The van der Waals surface area contributed by atoms with E-state index in [1.54, 1.807) is 0 Å². The van der Waals surface area contributed by atoms with Gasteiger partial charge in [-0.15, -0.1) is 11.6 Å². The van der Waals surface area contributed by atoms with E-state index in [9.17, 15) is 4.79 Å². The molecule has 0 radical (unpaired) electrons. The first kappa shape index (κ1) is 7.76. The molecule has 0 unspecified atom stereocenters. The summed E-state index contributed by atoms with van der Waals surface area (Å²) in [4.78, 5) is 10.2. The van der Waals surface area contributed by atoms with Gasteiger partial charge in [-0.3, -0.25) is 4.79 Å². The zero-order valence-electron chi connectivity index (χ0n) is 5.07. The largest absolute Gasteiger partial charge is 0.353 e. The monoisotopic (exact) mass is 135 g/mol. The summed E-state index contributed by atoms with van der Waals surface area (Å²) in [5.74, 6) is 0.442. The molecule has 3 heteroatoms. The van der Waals surface area contributed by atoms with E-state index in [4.69, 9.17) is 11.6 Å². The van der Waals surface area contributed by atoms with Crippen molar-refractivity contribution in [1.82, 2.24) is 5.32 Å². The minimum Gasteiger partial charge on any atom is -0.353 e. The molecule has 1 amide bonds. The number of hydrogen-bond acceptors (Lipinski definition) is 1. The maximum absolute atomic E-state index is 10.2. The Morgan fingerprint density at radius 3 is 2.50 bits per heavy atom. The number of halogens is 1. The van der Waals surface area contributed by atoms with Gasteiger partial charge in [-0.05, 0) is 6.92 Å². The smallest absolute Gasteiger partial charge is 0.217 e.